The fraction of sp³-hybridized carbons (Fsp3) is 1.00. The Bertz CT molecular complexity index is 89.8. The standard InChI is InChI=1S/C8H15NS/c1-2-4-8-7(3-1)9-5-6-10-8/h7-9H,1-6H2/t7-,8-/m1/s1. The van der Waals surface area contributed by atoms with Crippen molar-refractivity contribution in [3.63, 3.8) is 0 Å². The molecule has 1 saturated heterocycles. The van der Waals surface area contributed by atoms with Gasteiger partial charge in [0.15, 0.2) is 0 Å². The molecule has 2 rings (SSSR count). The summed E-state index contributed by atoms with van der Waals surface area (Å²) in [5.74, 6) is 1.33. The van der Waals surface area contributed by atoms with Crippen molar-refractivity contribution >= 4 is 11.8 Å². The Morgan fingerprint density at radius 3 is 3.00 bits per heavy atom. The fourth-order valence-corrected chi connectivity index (χ4v) is 3.32. The monoisotopic (exact) mass is 157 g/mol. The molecular weight excluding hydrogens is 142 g/mol. The Morgan fingerprint density at radius 2 is 2.10 bits per heavy atom. The second-order valence-corrected chi connectivity index (χ2v) is 4.60. The molecule has 10 heavy (non-hydrogen) atoms. The second kappa shape index (κ2) is 3.14. The van der Waals surface area contributed by atoms with Crippen LogP contribution in [-0.2, 0) is 0 Å². The Kier molecular flexibility index (Phi) is 2.19. The van der Waals surface area contributed by atoms with Crippen LogP contribution in [0.3, 0.4) is 0 Å². The molecule has 1 heterocycles. The number of fused-ring (bicyclic) bond motifs is 1. The lowest BCUT2D eigenvalue weighted by molar-refractivity contribution is 0.383. The number of nitrogens with one attached hydrogen (secondary N) is 1. The van der Waals surface area contributed by atoms with Crippen molar-refractivity contribution < 1.29 is 0 Å². The van der Waals surface area contributed by atoms with Crippen molar-refractivity contribution in [2.75, 3.05) is 12.3 Å². The molecule has 2 heteroatoms. The molecule has 1 aliphatic heterocycles. The smallest absolute Gasteiger partial charge is 0.0201 e. The van der Waals surface area contributed by atoms with Gasteiger partial charge in [0.2, 0.25) is 0 Å². The molecule has 0 amide bonds. The van der Waals surface area contributed by atoms with Gasteiger partial charge in [0, 0.05) is 23.6 Å². The Balaban J connectivity index is 1.93. The topological polar surface area (TPSA) is 12.0 Å². The number of hydrogen-bond acceptors (Lipinski definition) is 2. The maximum atomic E-state index is 3.60. The molecule has 0 bridgehead atoms. The van der Waals surface area contributed by atoms with Crippen LogP contribution in [0.5, 0.6) is 0 Å². The fourth-order valence-electron chi connectivity index (χ4n) is 1.98. The van der Waals surface area contributed by atoms with Gasteiger partial charge in [-0.25, -0.2) is 0 Å². The van der Waals surface area contributed by atoms with Crippen LogP contribution in [0.2, 0.25) is 0 Å². The molecule has 0 unspecified atom stereocenters. The number of hydrogen-bond donors (Lipinski definition) is 1. The first-order valence-electron chi connectivity index (χ1n) is 4.32. The molecule has 2 atom stereocenters. The van der Waals surface area contributed by atoms with Gasteiger partial charge in [-0.2, -0.15) is 11.8 Å². The first kappa shape index (κ1) is 6.99. The third kappa shape index (κ3) is 1.32. The van der Waals surface area contributed by atoms with E-state index in [-0.39, 0.29) is 0 Å². The highest BCUT2D eigenvalue weighted by atomic mass is 32.2. The zero-order chi connectivity index (χ0) is 6.81. The van der Waals surface area contributed by atoms with Gasteiger partial charge in [0.1, 0.15) is 0 Å². The summed E-state index contributed by atoms with van der Waals surface area (Å²) in [6.07, 6.45) is 5.81. The Labute approximate surface area is 67.0 Å². The van der Waals surface area contributed by atoms with E-state index in [4.69, 9.17) is 0 Å². The average molecular weight is 157 g/mol. The maximum Gasteiger partial charge on any atom is 0.0201 e. The SMILES string of the molecule is C1CC[C@H]2SCCN[C@@H]2C1. The summed E-state index contributed by atoms with van der Waals surface area (Å²) in [4.78, 5) is 0. The summed E-state index contributed by atoms with van der Waals surface area (Å²) in [5, 5.41) is 4.56. The van der Waals surface area contributed by atoms with E-state index < -0.39 is 0 Å². The lowest BCUT2D eigenvalue weighted by Crippen LogP contribution is -2.45. The lowest BCUT2D eigenvalue weighted by atomic mass is 9.95. The van der Waals surface area contributed by atoms with Gasteiger partial charge in [0.25, 0.3) is 0 Å². The summed E-state index contributed by atoms with van der Waals surface area (Å²) in [6, 6.07) is 0.868. The van der Waals surface area contributed by atoms with Crippen LogP contribution in [0, 0.1) is 0 Å². The minimum Gasteiger partial charge on any atom is -0.312 e. The summed E-state index contributed by atoms with van der Waals surface area (Å²) >= 11 is 2.18. The van der Waals surface area contributed by atoms with Crippen molar-refractivity contribution in [1.82, 2.24) is 5.32 Å². The van der Waals surface area contributed by atoms with Crippen molar-refractivity contribution in [3.8, 4) is 0 Å². The highest BCUT2D eigenvalue weighted by molar-refractivity contribution is 8.00. The van der Waals surface area contributed by atoms with Gasteiger partial charge >= 0.3 is 0 Å². The summed E-state index contributed by atoms with van der Waals surface area (Å²) in [5.41, 5.74) is 0. The van der Waals surface area contributed by atoms with Crippen molar-refractivity contribution in [2.24, 2.45) is 0 Å². The van der Waals surface area contributed by atoms with Gasteiger partial charge in [0.05, 0.1) is 0 Å². The minimum atomic E-state index is 0.868. The van der Waals surface area contributed by atoms with E-state index in [9.17, 15) is 0 Å². The summed E-state index contributed by atoms with van der Waals surface area (Å²) in [6.45, 7) is 1.24. The molecule has 0 aromatic rings. The van der Waals surface area contributed by atoms with E-state index in [1.54, 1.807) is 0 Å². The van der Waals surface area contributed by atoms with E-state index in [0.717, 1.165) is 11.3 Å². The molecule has 0 radical (unpaired) electrons. The van der Waals surface area contributed by atoms with Crippen molar-refractivity contribution in [3.05, 3.63) is 0 Å². The van der Waals surface area contributed by atoms with Crippen LogP contribution in [0.4, 0.5) is 0 Å². The Hall–Kier alpha value is 0.310. The third-order valence-electron chi connectivity index (χ3n) is 2.54. The molecule has 0 spiro atoms. The highest BCUT2D eigenvalue weighted by Gasteiger charge is 2.27. The van der Waals surface area contributed by atoms with E-state index in [1.165, 1.54) is 38.0 Å². The molecule has 0 aromatic heterocycles. The molecule has 1 aliphatic carbocycles. The van der Waals surface area contributed by atoms with E-state index in [2.05, 4.69) is 17.1 Å². The second-order valence-electron chi connectivity index (χ2n) is 3.25. The molecule has 2 fully saturated rings. The molecule has 2 aliphatic rings. The third-order valence-corrected chi connectivity index (χ3v) is 3.98. The van der Waals surface area contributed by atoms with Crippen LogP contribution in [-0.4, -0.2) is 23.6 Å². The van der Waals surface area contributed by atoms with Gasteiger partial charge in [-0.1, -0.05) is 12.8 Å². The quantitative estimate of drug-likeness (QED) is 0.573. The maximum absolute atomic E-state index is 3.60. The molecule has 1 nitrogen and oxygen atoms in total. The minimum absolute atomic E-state index is 0.868. The van der Waals surface area contributed by atoms with Gasteiger partial charge in [-0.3, -0.25) is 0 Å². The van der Waals surface area contributed by atoms with Crippen LogP contribution in [0.1, 0.15) is 25.7 Å². The predicted molar refractivity (Wildman–Crippen MR) is 46.5 cm³/mol. The van der Waals surface area contributed by atoms with Crippen LogP contribution in [0.15, 0.2) is 0 Å². The zero-order valence-electron chi connectivity index (χ0n) is 6.31. The van der Waals surface area contributed by atoms with Crippen molar-refractivity contribution in [1.29, 1.82) is 0 Å². The highest BCUT2D eigenvalue weighted by Crippen LogP contribution is 2.30. The molecule has 1 N–H and O–H groups in total. The Morgan fingerprint density at radius 1 is 1.20 bits per heavy atom. The van der Waals surface area contributed by atoms with Gasteiger partial charge in [-0.15, -0.1) is 0 Å². The van der Waals surface area contributed by atoms with Crippen LogP contribution >= 0.6 is 11.8 Å². The number of thioether (sulfide) groups is 1. The molecular formula is C8H15NS. The van der Waals surface area contributed by atoms with Crippen LogP contribution < -0.4 is 5.32 Å². The van der Waals surface area contributed by atoms with Gasteiger partial charge in [-0.05, 0) is 12.8 Å². The summed E-state index contributed by atoms with van der Waals surface area (Å²) < 4.78 is 0. The molecule has 58 valence electrons. The van der Waals surface area contributed by atoms with Gasteiger partial charge < -0.3 is 5.32 Å². The first-order chi connectivity index (χ1) is 4.97. The molecule has 1 saturated carbocycles. The average Bonchev–Trinajstić information content (AvgIpc) is 2.05. The van der Waals surface area contributed by atoms with E-state index in [0.29, 0.717) is 0 Å². The first-order valence-corrected chi connectivity index (χ1v) is 5.37. The predicted octanol–water partition coefficient (Wildman–Crippen LogP) is 1.63. The van der Waals surface area contributed by atoms with E-state index >= 15 is 0 Å². The van der Waals surface area contributed by atoms with E-state index in [1.807, 2.05) is 0 Å². The largest absolute Gasteiger partial charge is 0.312 e. The van der Waals surface area contributed by atoms with Crippen LogP contribution in [0.25, 0.3) is 0 Å². The lowest BCUT2D eigenvalue weighted by Gasteiger charge is -2.35. The normalized spacial score (nSPS) is 40.8. The molecule has 0 aromatic carbocycles. The summed E-state index contributed by atoms with van der Waals surface area (Å²) in [7, 11) is 0. The number of rotatable bonds is 0. The zero-order valence-corrected chi connectivity index (χ0v) is 7.12. The van der Waals surface area contributed by atoms with Crippen molar-refractivity contribution in [2.45, 2.75) is 37.0 Å².